The number of aryl methyl sites for hydroxylation is 1. The van der Waals surface area contributed by atoms with Crippen molar-refractivity contribution in [3.05, 3.63) is 60.1 Å². The summed E-state index contributed by atoms with van der Waals surface area (Å²) in [5.74, 6) is 0.228. The van der Waals surface area contributed by atoms with E-state index >= 15 is 0 Å². The Bertz CT molecular complexity index is 1070. The molecule has 0 radical (unpaired) electrons. The second-order valence-corrected chi connectivity index (χ2v) is 7.99. The van der Waals surface area contributed by atoms with Crippen LogP contribution >= 0.6 is 0 Å². The first-order valence-electron chi connectivity index (χ1n) is 9.95. The third-order valence-corrected chi connectivity index (χ3v) is 5.98. The van der Waals surface area contributed by atoms with Gasteiger partial charge in [0.15, 0.2) is 5.69 Å². The third-order valence-electron chi connectivity index (χ3n) is 5.98. The Balaban J connectivity index is 1.44. The summed E-state index contributed by atoms with van der Waals surface area (Å²) in [6.07, 6.45) is 7.04. The van der Waals surface area contributed by atoms with E-state index in [1.165, 1.54) is 16.9 Å². The molecule has 154 valence electrons. The first kappa shape index (κ1) is 18.7. The summed E-state index contributed by atoms with van der Waals surface area (Å²) in [6.45, 7) is 2.84. The zero-order valence-electron chi connectivity index (χ0n) is 16.5. The Morgan fingerprint density at radius 3 is 2.83 bits per heavy atom. The topological polar surface area (TPSA) is 86.0 Å². The maximum atomic E-state index is 13.6. The minimum Gasteiger partial charge on any atom is -0.475 e. The molecule has 9 heteroatoms. The number of ether oxygens (including phenoxy) is 1. The predicted molar refractivity (Wildman–Crippen MR) is 105 cm³/mol. The quantitative estimate of drug-likeness (QED) is 0.645. The van der Waals surface area contributed by atoms with Crippen molar-refractivity contribution in [3.8, 4) is 11.6 Å². The van der Waals surface area contributed by atoms with Gasteiger partial charge in [0.05, 0.1) is 24.1 Å². The largest absolute Gasteiger partial charge is 0.475 e. The van der Waals surface area contributed by atoms with Crippen LogP contribution in [0.5, 0.6) is 5.88 Å². The number of piperidine rings is 1. The fourth-order valence-corrected chi connectivity index (χ4v) is 4.57. The third kappa shape index (κ3) is 3.20. The Labute approximate surface area is 172 Å². The second-order valence-electron chi connectivity index (χ2n) is 7.99. The second kappa shape index (κ2) is 7.16. The molecule has 2 bridgehead atoms. The molecule has 0 spiro atoms. The average molecular weight is 408 g/mol. The van der Waals surface area contributed by atoms with Crippen LogP contribution in [0.1, 0.15) is 35.4 Å². The van der Waals surface area contributed by atoms with Gasteiger partial charge in [-0.1, -0.05) is 0 Å². The van der Waals surface area contributed by atoms with E-state index < -0.39 is 11.4 Å². The van der Waals surface area contributed by atoms with Crippen LogP contribution in [0.15, 0.2) is 42.9 Å². The standard InChI is InChI=1S/C21H21FN6O2/c1-14-2-4-17(28-24-8-9-25-28)19(26-14)20(29)27-12-15-6-7-21(27,10-15)13-30-18-5-3-16(22)11-23-18/h2-5,8-9,11,15H,6-7,10,12-13H2,1H3. The lowest BCUT2D eigenvalue weighted by Gasteiger charge is -2.38. The summed E-state index contributed by atoms with van der Waals surface area (Å²) in [4.78, 5) is 25.4. The molecule has 3 aromatic rings. The molecular formula is C21H21FN6O2. The number of fused-ring (bicyclic) bond motifs is 2. The molecule has 4 heterocycles. The van der Waals surface area contributed by atoms with Gasteiger partial charge in [0.1, 0.15) is 18.1 Å². The summed E-state index contributed by atoms with van der Waals surface area (Å²) < 4.78 is 19.0. The number of amides is 1. The van der Waals surface area contributed by atoms with Crippen molar-refractivity contribution in [3.63, 3.8) is 0 Å². The summed E-state index contributed by atoms with van der Waals surface area (Å²) >= 11 is 0. The number of carbonyl (C=O) groups excluding carboxylic acids is 1. The molecular weight excluding hydrogens is 387 g/mol. The van der Waals surface area contributed by atoms with Gasteiger partial charge in [-0.05, 0) is 50.3 Å². The van der Waals surface area contributed by atoms with Crippen LogP contribution in [0.4, 0.5) is 4.39 Å². The van der Waals surface area contributed by atoms with E-state index in [-0.39, 0.29) is 5.91 Å². The van der Waals surface area contributed by atoms with Crippen molar-refractivity contribution in [2.24, 2.45) is 5.92 Å². The Morgan fingerprint density at radius 2 is 2.10 bits per heavy atom. The summed E-state index contributed by atoms with van der Waals surface area (Å²) in [6, 6.07) is 6.47. The van der Waals surface area contributed by atoms with E-state index in [0.29, 0.717) is 36.3 Å². The maximum Gasteiger partial charge on any atom is 0.275 e. The molecule has 2 aliphatic rings. The normalized spacial score (nSPS) is 22.5. The smallest absolute Gasteiger partial charge is 0.275 e. The molecule has 2 unspecified atom stereocenters. The van der Waals surface area contributed by atoms with Gasteiger partial charge in [0, 0.05) is 18.3 Å². The van der Waals surface area contributed by atoms with Crippen LogP contribution in [0.3, 0.4) is 0 Å². The average Bonchev–Trinajstić information content (AvgIpc) is 3.49. The number of hydrogen-bond donors (Lipinski definition) is 0. The number of halogens is 1. The van der Waals surface area contributed by atoms with Gasteiger partial charge in [0.2, 0.25) is 5.88 Å². The van der Waals surface area contributed by atoms with E-state index in [2.05, 4.69) is 20.2 Å². The van der Waals surface area contributed by atoms with E-state index in [1.54, 1.807) is 12.4 Å². The highest BCUT2D eigenvalue weighted by atomic mass is 19.1. The zero-order valence-corrected chi connectivity index (χ0v) is 16.5. The molecule has 1 aliphatic heterocycles. The van der Waals surface area contributed by atoms with Crippen LogP contribution in [-0.2, 0) is 0 Å². The molecule has 30 heavy (non-hydrogen) atoms. The molecule has 2 atom stereocenters. The van der Waals surface area contributed by atoms with Crippen LogP contribution in [0.2, 0.25) is 0 Å². The molecule has 8 nitrogen and oxygen atoms in total. The number of nitrogens with zero attached hydrogens (tertiary/aromatic N) is 6. The number of pyridine rings is 2. The molecule has 5 rings (SSSR count). The molecule has 0 N–H and O–H groups in total. The van der Waals surface area contributed by atoms with Crippen LogP contribution in [0.25, 0.3) is 5.69 Å². The van der Waals surface area contributed by atoms with E-state index in [0.717, 1.165) is 31.2 Å². The lowest BCUT2D eigenvalue weighted by Crippen LogP contribution is -2.52. The molecule has 1 saturated heterocycles. The van der Waals surface area contributed by atoms with Gasteiger partial charge >= 0.3 is 0 Å². The molecule has 1 amide bonds. The molecule has 3 aromatic heterocycles. The number of aromatic nitrogens is 5. The van der Waals surface area contributed by atoms with E-state index in [9.17, 15) is 9.18 Å². The summed E-state index contributed by atoms with van der Waals surface area (Å²) in [5.41, 5.74) is 1.21. The van der Waals surface area contributed by atoms with Gasteiger partial charge in [-0.15, -0.1) is 4.80 Å². The first-order valence-corrected chi connectivity index (χ1v) is 9.95. The van der Waals surface area contributed by atoms with E-state index in [1.807, 2.05) is 24.0 Å². The molecule has 1 aliphatic carbocycles. The van der Waals surface area contributed by atoms with Crippen LogP contribution in [-0.4, -0.2) is 54.5 Å². The van der Waals surface area contributed by atoms with Crippen LogP contribution < -0.4 is 4.74 Å². The SMILES string of the molecule is Cc1ccc(-n2nccn2)c(C(=O)N2CC3CCC2(COc2ccc(F)cn2)C3)n1. The van der Waals surface area contributed by atoms with Crippen molar-refractivity contribution < 1.29 is 13.9 Å². The molecule has 1 saturated carbocycles. The Kier molecular flexibility index (Phi) is 4.45. The lowest BCUT2D eigenvalue weighted by molar-refractivity contribution is 0.0388. The predicted octanol–water partition coefficient (Wildman–Crippen LogP) is 2.58. The van der Waals surface area contributed by atoms with Gasteiger partial charge in [-0.3, -0.25) is 4.79 Å². The monoisotopic (exact) mass is 408 g/mol. The zero-order chi connectivity index (χ0) is 20.7. The van der Waals surface area contributed by atoms with Gasteiger partial charge in [0.25, 0.3) is 5.91 Å². The minimum absolute atomic E-state index is 0.149. The van der Waals surface area contributed by atoms with Crippen molar-refractivity contribution >= 4 is 5.91 Å². The summed E-state index contributed by atoms with van der Waals surface area (Å²) in [5, 5.41) is 8.33. The Hall–Kier alpha value is -3.36. The first-order chi connectivity index (χ1) is 14.5. The summed E-state index contributed by atoms with van der Waals surface area (Å²) in [7, 11) is 0. The van der Waals surface area contributed by atoms with Gasteiger partial charge in [-0.25, -0.2) is 14.4 Å². The number of carbonyl (C=O) groups is 1. The van der Waals surface area contributed by atoms with Crippen molar-refractivity contribution in [1.29, 1.82) is 0 Å². The number of rotatable bonds is 5. The highest BCUT2D eigenvalue weighted by Crippen LogP contribution is 2.47. The van der Waals surface area contributed by atoms with Gasteiger partial charge in [-0.2, -0.15) is 10.2 Å². The number of hydrogen-bond acceptors (Lipinski definition) is 6. The highest BCUT2D eigenvalue weighted by molar-refractivity contribution is 5.96. The fraction of sp³-hybridized carbons (Fsp3) is 0.381. The minimum atomic E-state index is -0.419. The van der Waals surface area contributed by atoms with Gasteiger partial charge < -0.3 is 9.64 Å². The maximum absolute atomic E-state index is 13.6. The highest BCUT2D eigenvalue weighted by Gasteiger charge is 2.53. The van der Waals surface area contributed by atoms with Crippen molar-refractivity contribution in [2.45, 2.75) is 31.7 Å². The Morgan fingerprint density at radius 1 is 1.27 bits per heavy atom. The molecule has 0 aromatic carbocycles. The molecule has 2 fully saturated rings. The van der Waals surface area contributed by atoms with Crippen molar-refractivity contribution in [1.82, 2.24) is 29.9 Å². The lowest BCUT2D eigenvalue weighted by atomic mass is 9.97. The number of likely N-dealkylation sites (tertiary alicyclic amines) is 1. The van der Waals surface area contributed by atoms with Crippen molar-refractivity contribution in [2.75, 3.05) is 13.2 Å². The van der Waals surface area contributed by atoms with E-state index in [4.69, 9.17) is 4.74 Å². The fourth-order valence-electron chi connectivity index (χ4n) is 4.57. The van der Waals surface area contributed by atoms with Crippen LogP contribution in [0, 0.1) is 18.7 Å².